The third kappa shape index (κ3) is 1.76. The zero-order valence-corrected chi connectivity index (χ0v) is 9.65. The van der Waals surface area contributed by atoms with Crippen molar-refractivity contribution in [3.63, 3.8) is 0 Å². The third-order valence-corrected chi connectivity index (χ3v) is 3.84. The van der Waals surface area contributed by atoms with E-state index in [1.165, 1.54) is 30.8 Å². The molecule has 16 heavy (non-hydrogen) atoms. The van der Waals surface area contributed by atoms with E-state index < -0.39 is 0 Å². The van der Waals surface area contributed by atoms with E-state index in [9.17, 15) is 0 Å². The molecule has 2 aliphatic rings. The van der Waals surface area contributed by atoms with E-state index in [2.05, 4.69) is 16.1 Å². The summed E-state index contributed by atoms with van der Waals surface area (Å²) in [6.07, 6.45) is 8.16. The molecule has 0 spiro atoms. The van der Waals surface area contributed by atoms with Crippen molar-refractivity contribution in [2.45, 2.75) is 44.2 Å². The van der Waals surface area contributed by atoms with Crippen LogP contribution in [-0.4, -0.2) is 22.6 Å². The van der Waals surface area contributed by atoms with Crippen LogP contribution >= 0.6 is 0 Å². The van der Waals surface area contributed by atoms with Crippen LogP contribution in [0.15, 0.2) is 6.20 Å². The van der Waals surface area contributed by atoms with Crippen LogP contribution in [0.5, 0.6) is 0 Å². The number of nitrogens with two attached hydrogens (primary N) is 1. The molecular formula is C12H20N4. The van der Waals surface area contributed by atoms with Crippen LogP contribution in [0, 0.1) is 0 Å². The number of nitrogens with one attached hydrogen (secondary N) is 1. The van der Waals surface area contributed by atoms with E-state index in [1.54, 1.807) is 0 Å². The van der Waals surface area contributed by atoms with Crippen molar-refractivity contribution in [2.75, 3.05) is 13.1 Å². The quantitative estimate of drug-likeness (QED) is 0.746. The second-order valence-corrected chi connectivity index (χ2v) is 4.97. The van der Waals surface area contributed by atoms with Gasteiger partial charge in [0.15, 0.2) is 0 Å². The molecule has 1 saturated heterocycles. The van der Waals surface area contributed by atoms with Crippen LogP contribution < -0.4 is 11.1 Å². The topological polar surface area (TPSA) is 55.9 Å². The van der Waals surface area contributed by atoms with Crippen molar-refractivity contribution in [3.05, 3.63) is 17.7 Å². The molecule has 0 aliphatic carbocycles. The van der Waals surface area contributed by atoms with Gasteiger partial charge in [-0.05, 0) is 38.8 Å². The fraction of sp³-hybridized carbons (Fsp3) is 0.750. The summed E-state index contributed by atoms with van der Waals surface area (Å²) in [6, 6.07) is 0. The van der Waals surface area contributed by atoms with Crippen LogP contribution in [-0.2, 0) is 6.42 Å². The molecule has 3 rings (SSSR count). The Morgan fingerprint density at radius 3 is 2.88 bits per heavy atom. The fourth-order valence-corrected chi connectivity index (χ4v) is 2.85. The molecule has 2 aliphatic heterocycles. The molecule has 0 amide bonds. The lowest BCUT2D eigenvalue weighted by Crippen LogP contribution is -2.26. The van der Waals surface area contributed by atoms with Gasteiger partial charge in [-0.2, -0.15) is 0 Å². The molecular weight excluding hydrogens is 200 g/mol. The molecule has 0 bridgehead atoms. The molecule has 4 nitrogen and oxygen atoms in total. The van der Waals surface area contributed by atoms with Crippen LogP contribution in [0.3, 0.4) is 0 Å². The molecule has 1 aromatic heterocycles. The molecule has 1 fully saturated rings. The number of rotatable bonds is 1. The van der Waals surface area contributed by atoms with Crippen molar-refractivity contribution in [2.24, 2.45) is 5.73 Å². The Morgan fingerprint density at radius 2 is 2.12 bits per heavy atom. The Balaban J connectivity index is 1.85. The highest BCUT2D eigenvalue weighted by molar-refractivity contribution is 5.13. The van der Waals surface area contributed by atoms with Crippen LogP contribution in [0.25, 0.3) is 0 Å². The van der Waals surface area contributed by atoms with Gasteiger partial charge in [-0.15, -0.1) is 0 Å². The van der Waals surface area contributed by atoms with Gasteiger partial charge in [0.1, 0.15) is 5.82 Å². The molecule has 1 atom stereocenters. The van der Waals surface area contributed by atoms with E-state index >= 15 is 0 Å². The zero-order chi connectivity index (χ0) is 11.0. The third-order valence-electron chi connectivity index (χ3n) is 3.84. The number of piperidine rings is 1. The predicted molar refractivity (Wildman–Crippen MR) is 63.2 cm³/mol. The minimum atomic E-state index is 0.159. The first-order chi connectivity index (χ1) is 7.84. The summed E-state index contributed by atoms with van der Waals surface area (Å²) < 4.78 is 2.20. The molecule has 0 saturated carbocycles. The standard InChI is InChI=1S/C12H20N4/c13-11-2-1-3-12-15-10(8-16(11)12)9-4-6-14-7-5-9/h8-9,11,14H,1-7,13H2. The Hall–Kier alpha value is -0.870. The smallest absolute Gasteiger partial charge is 0.110 e. The lowest BCUT2D eigenvalue weighted by atomic mass is 9.95. The van der Waals surface area contributed by atoms with Gasteiger partial charge < -0.3 is 15.6 Å². The van der Waals surface area contributed by atoms with Gasteiger partial charge in [0, 0.05) is 18.5 Å². The summed E-state index contributed by atoms with van der Waals surface area (Å²) in [6.45, 7) is 2.25. The first kappa shape index (κ1) is 10.3. The van der Waals surface area contributed by atoms with Crippen molar-refractivity contribution in [3.8, 4) is 0 Å². The number of aromatic nitrogens is 2. The van der Waals surface area contributed by atoms with E-state index in [0.717, 1.165) is 25.9 Å². The van der Waals surface area contributed by atoms with Crippen LogP contribution in [0.4, 0.5) is 0 Å². The molecule has 0 aromatic carbocycles. The zero-order valence-electron chi connectivity index (χ0n) is 9.65. The Kier molecular flexibility index (Phi) is 2.69. The number of nitrogens with zero attached hydrogens (tertiary/aromatic N) is 2. The van der Waals surface area contributed by atoms with Crippen molar-refractivity contribution < 1.29 is 0 Å². The maximum atomic E-state index is 6.10. The second kappa shape index (κ2) is 4.18. The first-order valence-corrected chi connectivity index (χ1v) is 6.38. The normalized spacial score (nSPS) is 26.7. The predicted octanol–water partition coefficient (Wildman–Crippen LogP) is 1.14. The number of hydrogen-bond acceptors (Lipinski definition) is 3. The molecule has 0 radical (unpaired) electrons. The number of imidazole rings is 1. The van der Waals surface area contributed by atoms with Crippen LogP contribution in [0.1, 0.15) is 49.3 Å². The molecule has 3 N–H and O–H groups in total. The lowest BCUT2D eigenvalue weighted by Gasteiger charge is -2.21. The van der Waals surface area contributed by atoms with E-state index in [0.29, 0.717) is 5.92 Å². The van der Waals surface area contributed by atoms with Gasteiger partial charge in [0.05, 0.1) is 11.9 Å². The number of fused-ring (bicyclic) bond motifs is 1. The Bertz CT molecular complexity index is 365. The van der Waals surface area contributed by atoms with Crippen LogP contribution in [0.2, 0.25) is 0 Å². The fourth-order valence-electron chi connectivity index (χ4n) is 2.85. The molecule has 1 aromatic rings. The van der Waals surface area contributed by atoms with Gasteiger partial charge in [-0.1, -0.05) is 0 Å². The molecule has 4 heteroatoms. The highest BCUT2D eigenvalue weighted by Gasteiger charge is 2.23. The molecule has 88 valence electrons. The summed E-state index contributed by atoms with van der Waals surface area (Å²) in [7, 11) is 0. The van der Waals surface area contributed by atoms with E-state index in [4.69, 9.17) is 10.7 Å². The first-order valence-electron chi connectivity index (χ1n) is 6.38. The van der Waals surface area contributed by atoms with Crippen molar-refractivity contribution in [1.29, 1.82) is 0 Å². The highest BCUT2D eigenvalue weighted by atomic mass is 15.2. The maximum absolute atomic E-state index is 6.10. The lowest BCUT2D eigenvalue weighted by molar-refractivity contribution is 0.408. The molecule has 1 unspecified atom stereocenters. The van der Waals surface area contributed by atoms with Gasteiger partial charge in [-0.25, -0.2) is 4.98 Å². The minimum Gasteiger partial charge on any atom is -0.319 e. The second-order valence-electron chi connectivity index (χ2n) is 4.97. The van der Waals surface area contributed by atoms with Crippen molar-refractivity contribution >= 4 is 0 Å². The maximum Gasteiger partial charge on any atom is 0.110 e. The minimum absolute atomic E-state index is 0.159. The van der Waals surface area contributed by atoms with Gasteiger partial charge >= 0.3 is 0 Å². The van der Waals surface area contributed by atoms with Gasteiger partial charge in [0.25, 0.3) is 0 Å². The monoisotopic (exact) mass is 220 g/mol. The summed E-state index contributed by atoms with van der Waals surface area (Å²) in [4.78, 5) is 4.78. The summed E-state index contributed by atoms with van der Waals surface area (Å²) in [5, 5.41) is 3.40. The Labute approximate surface area is 96.2 Å². The summed E-state index contributed by atoms with van der Waals surface area (Å²) in [5.74, 6) is 1.85. The SMILES string of the molecule is NC1CCCc2nc(C3CCNCC3)cn21. The number of hydrogen-bond donors (Lipinski definition) is 2. The van der Waals surface area contributed by atoms with E-state index in [-0.39, 0.29) is 6.17 Å². The Morgan fingerprint density at radius 1 is 1.31 bits per heavy atom. The van der Waals surface area contributed by atoms with Gasteiger partial charge in [-0.3, -0.25) is 0 Å². The highest BCUT2D eigenvalue weighted by Crippen LogP contribution is 2.28. The summed E-state index contributed by atoms with van der Waals surface area (Å²) in [5.41, 5.74) is 7.37. The largest absolute Gasteiger partial charge is 0.319 e. The molecule has 3 heterocycles. The average molecular weight is 220 g/mol. The van der Waals surface area contributed by atoms with Gasteiger partial charge in [0.2, 0.25) is 0 Å². The average Bonchev–Trinajstić information content (AvgIpc) is 2.76. The summed E-state index contributed by atoms with van der Waals surface area (Å²) >= 11 is 0. The number of aryl methyl sites for hydroxylation is 1. The van der Waals surface area contributed by atoms with Crippen molar-refractivity contribution in [1.82, 2.24) is 14.9 Å². The van der Waals surface area contributed by atoms with E-state index in [1.807, 2.05) is 0 Å².